The third-order valence-corrected chi connectivity index (χ3v) is 6.23. The molecule has 0 unspecified atom stereocenters. The highest BCUT2D eigenvalue weighted by Crippen LogP contribution is 2.49. The van der Waals surface area contributed by atoms with Crippen LogP contribution in [0.3, 0.4) is 0 Å². The quantitative estimate of drug-likeness (QED) is 0.321. The summed E-state index contributed by atoms with van der Waals surface area (Å²) in [6.45, 7) is 2.26. The molecule has 1 aromatic carbocycles. The Hall–Kier alpha value is -1.90. The Kier molecular flexibility index (Phi) is 4.50. The fourth-order valence-electron chi connectivity index (χ4n) is 4.23. The van der Waals surface area contributed by atoms with Gasteiger partial charge in [-0.2, -0.15) is 10.1 Å². The predicted molar refractivity (Wildman–Crippen MR) is 104 cm³/mol. The van der Waals surface area contributed by atoms with Crippen LogP contribution < -0.4 is 4.74 Å². The third-order valence-electron chi connectivity index (χ3n) is 5.41. The summed E-state index contributed by atoms with van der Waals surface area (Å²) in [6.07, 6.45) is 7.58. The lowest BCUT2D eigenvalue weighted by atomic mass is 9.63. The highest BCUT2D eigenvalue weighted by Gasteiger charge is 2.56. The summed E-state index contributed by atoms with van der Waals surface area (Å²) in [7, 11) is 0. The lowest BCUT2D eigenvalue weighted by Crippen LogP contribution is -2.38. The summed E-state index contributed by atoms with van der Waals surface area (Å²) in [6, 6.07) is 3.37. The molecule has 4 atom stereocenters. The zero-order valence-corrected chi connectivity index (χ0v) is 16.4. The minimum atomic E-state index is -0.262. The van der Waals surface area contributed by atoms with E-state index < -0.39 is 0 Å². The van der Waals surface area contributed by atoms with Gasteiger partial charge in [-0.15, -0.1) is 0 Å². The van der Waals surface area contributed by atoms with Crippen LogP contribution in [0, 0.1) is 27.2 Å². The molecule has 2 amide bonds. The molecule has 5 rings (SSSR count). The topological polar surface area (TPSA) is 79.2 Å². The van der Waals surface area contributed by atoms with Crippen molar-refractivity contribution in [2.75, 3.05) is 6.61 Å². The van der Waals surface area contributed by atoms with Crippen LogP contribution in [0.5, 0.6) is 11.5 Å². The van der Waals surface area contributed by atoms with Gasteiger partial charge in [0.2, 0.25) is 0 Å². The molecule has 2 bridgehead atoms. The molecular weight excluding hydrogens is 447 g/mol. The summed E-state index contributed by atoms with van der Waals surface area (Å²) in [5.74, 6) is -0.184. The van der Waals surface area contributed by atoms with E-state index in [9.17, 15) is 14.7 Å². The van der Waals surface area contributed by atoms with E-state index in [1.165, 1.54) is 6.21 Å². The van der Waals surface area contributed by atoms with Gasteiger partial charge < -0.3 is 9.84 Å². The number of rotatable bonds is 4. The van der Waals surface area contributed by atoms with Crippen LogP contribution in [0.25, 0.3) is 0 Å². The summed E-state index contributed by atoms with van der Waals surface area (Å²) in [5.41, 5.74) is 0.659. The van der Waals surface area contributed by atoms with Crippen LogP contribution in [-0.4, -0.2) is 34.8 Å². The first kappa shape index (κ1) is 17.5. The molecule has 26 heavy (non-hydrogen) atoms. The Morgan fingerprint density at radius 2 is 1.85 bits per heavy atom. The Labute approximate surface area is 165 Å². The lowest BCUT2D eigenvalue weighted by Gasteiger charge is -2.37. The number of nitrogens with zero attached hydrogens (tertiary/aromatic N) is 2. The van der Waals surface area contributed by atoms with E-state index in [0.29, 0.717) is 21.5 Å². The molecule has 2 fully saturated rings. The van der Waals surface area contributed by atoms with Crippen molar-refractivity contribution in [2.45, 2.75) is 19.8 Å². The van der Waals surface area contributed by atoms with Crippen LogP contribution in [0.2, 0.25) is 0 Å². The second-order valence-corrected chi connectivity index (χ2v) is 8.02. The van der Waals surface area contributed by atoms with Crippen molar-refractivity contribution in [1.29, 1.82) is 0 Å². The van der Waals surface area contributed by atoms with E-state index in [1.807, 2.05) is 29.5 Å². The molecule has 1 saturated carbocycles. The number of amides is 2. The Balaban J connectivity index is 1.60. The smallest absolute Gasteiger partial charge is 0.254 e. The van der Waals surface area contributed by atoms with Crippen LogP contribution in [-0.2, 0) is 9.59 Å². The summed E-state index contributed by atoms with van der Waals surface area (Å²) >= 11 is 2.00. The zero-order chi connectivity index (χ0) is 18.4. The molecule has 1 saturated heterocycles. The Bertz CT molecular complexity index is 803. The van der Waals surface area contributed by atoms with Crippen molar-refractivity contribution >= 4 is 40.6 Å². The molecule has 6 nitrogen and oxygen atoms in total. The average Bonchev–Trinajstić information content (AvgIpc) is 2.91. The number of hydrogen-bond donors (Lipinski definition) is 1. The predicted octanol–water partition coefficient (Wildman–Crippen LogP) is 2.93. The monoisotopic (exact) mass is 466 g/mol. The standard InChI is InChI=1S/C19H19IN2O4/c1-2-26-14-8-10(7-13(20)17(14)23)9-21-22-18(24)15-11-3-4-12(6-5-11)16(15)19(22)25/h3-4,7-9,11-12,15-16,23H,2,5-6H2,1H3/b21-9+/t11-,12-,15-,16+/m0/s1. The molecule has 1 N–H and O–H groups in total. The molecule has 0 aromatic heterocycles. The van der Waals surface area contributed by atoms with Gasteiger partial charge in [0.15, 0.2) is 11.5 Å². The Morgan fingerprint density at radius 3 is 2.38 bits per heavy atom. The van der Waals surface area contributed by atoms with Crippen molar-refractivity contribution in [1.82, 2.24) is 5.01 Å². The maximum Gasteiger partial charge on any atom is 0.254 e. The number of hydrazone groups is 1. The number of carbonyl (C=O) groups is 2. The zero-order valence-electron chi connectivity index (χ0n) is 14.3. The van der Waals surface area contributed by atoms with Crippen molar-refractivity contribution < 1.29 is 19.4 Å². The van der Waals surface area contributed by atoms with Gasteiger partial charge in [0.25, 0.3) is 11.8 Å². The van der Waals surface area contributed by atoms with Gasteiger partial charge in [0.05, 0.1) is 28.2 Å². The van der Waals surface area contributed by atoms with Crippen LogP contribution in [0.1, 0.15) is 25.3 Å². The molecule has 1 aromatic rings. The lowest BCUT2D eigenvalue weighted by molar-refractivity contribution is -0.140. The van der Waals surface area contributed by atoms with E-state index in [4.69, 9.17) is 4.74 Å². The molecule has 136 valence electrons. The molecule has 7 heteroatoms. The van der Waals surface area contributed by atoms with Crippen molar-refractivity contribution in [2.24, 2.45) is 28.8 Å². The molecule has 3 aliphatic carbocycles. The number of ether oxygens (including phenoxy) is 1. The second-order valence-electron chi connectivity index (χ2n) is 6.86. The molecule has 1 aliphatic heterocycles. The third kappa shape index (κ3) is 2.72. The van der Waals surface area contributed by atoms with Crippen LogP contribution >= 0.6 is 22.6 Å². The summed E-state index contributed by atoms with van der Waals surface area (Å²) in [5, 5.41) is 15.2. The van der Waals surface area contributed by atoms with Gasteiger partial charge in [0.1, 0.15) is 0 Å². The normalized spacial score (nSPS) is 29.7. The minimum absolute atomic E-state index is 0.0756. The first-order valence-electron chi connectivity index (χ1n) is 8.76. The number of phenolic OH excluding ortho intramolecular Hbond substituents is 1. The number of allylic oxidation sites excluding steroid dienone is 2. The van der Waals surface area contributed by atoms with Crippen LogP contribution in [0.15, 0.2) is 29.4 Å². The van der Waals surface area contributed by atoms with Gasteiger partial charge in [-0.05, 0) is 71.9 Å². The first-order valence-corrected chi connectivity index (χ1v) is 9.84. The van der Waals surface area contributed by atoms with E-state index in [1.54, 1.807) is 12.1 Å². The van der Waals surface area contributed by atoms with Crippen LogP contribution in [0.4, 0.5) is 0 Å². The highest BCUT2D eigenvalue weighted by molar-refractivity contribution is 14.1. The maximum atomic E-state index is 12.7. The number of phenols is 1. The molecule has 0 radical (unpaired) electrons. The van der Waals surface area contributed by atoms with E-state index >= 15 is 0 Å². The number of carbonyl (C=O) groups excluding carboxylic acids is 2. The number of fused-ring (bicyclic) bond motifs is 1. The van der Waals surface area contributed by atoms with Crippen molar-refractivity contribution in [3.63, 3.8) is 0 Å². The molecule has 0 spiro atoms. The molecule has 4 aliphatic rings. The van der Waals surface area contributed by atoms with E-state index in [0.717, 1.165) is 17.9 Å². The fourth-order valence-corrected chi connectivity index (χ4v) is 4.86. The molecular formula is C19H19IN2O4. The van der Waals surface area contributed by atoms with Gasteiger partial charge in [-0.3, -0.25) is 9.59 Å². The summed E-state index contributed by atoms with van der Waals surface area (Å²) in [4.78, 5) is 25.5. The van der Waals surface area contributed by atoms with Gasteiger partial charge >= 0.3 is 0 Å². The minimum Gasteiger partial charge on any atom is -0.504 e. The second kappa shape index (κ2) is 6.68. The SMILES string of the molecule is CCOc1cc(/C=N/N2C(=O)[C@@H]3[C@H](C2=O)[C@H]2C=C[C@H]3CC2)cc(I)c1O. The van der Waals surface area contributed by atoms with Crippen molar-refractivity contribution in [3.8, 4) is 11.5 Å². The van der Waals surface area contributed by atoms with E-state index in [-0.39, 0.29) is 41.2 Å². The highest BCUT2D eigenvalue weighted by atomic mass is 127. The van der Waals surface area contributed by atoms with E-state index in [2.05, 4.69) is 17.3 Å². The Morgan fingerprint density at radius 1 is 1.23 bits per heavy atom. The number of aromatic hydroxyl groups is 1. The fraction of sp³-hybridized carbons (Fsp3) is 0.421. The first-order chi connectivity index (χ1) is 12.5. The average molecular weight is 466 g/mol. The number of imide groups is 1. The van der Waals surface area contributed by atoms with Gasteiger partial charge in [-0.1, -0.05) is 12.2 Å². The number of benzene rings is 1. The largest absolute Gasteiger partial charge is 0.504 e. The number of hydrogen-bond acceptors (Lipinski definition) is 5. The number of halogens is 1. The summed E-state index contributed by atoms with van der Waals surface area (Å²) < 4.78 is 6.03. The van der Waals surface area contributed by atoms with Gasteiger partial charge in [0, 0.05) is 0 Å². The van der Waals surface area contributed by atoms with Crippen molar-refractivity contribution in [3.05, 3.63) is 33.4 Å². The molecule has 1 heterocycles. The maximum absolute atomic E-state index is 12.7. The van der Waals surface area contributed by atoms with Gasteiger partial charge in [-0.25, -0.2) is 0 Å².